The Bertz CT molecular complexity index is 1130. The molecule has 2 heterocycles. The number of hydrogen-bond acceptors (Lipinski definition) is 3. The molecule has 0 spiro atoms. The number of hydrogen-bond donors (Lipinski definition) is 1. The van der Waals surface area contributed by atoms with E-state index in [1.807, 2.05) is 48.1 Å². The number of ketones is 1. The van der Waals surface area contributed by atoms with Crippen molar-refractivity contribution >= 4 is 16.7 Å². The normalized spacial score (nSPS) is 13.5. The fourth-order valence-electron chi connectivity index (χ4n) is 3.85. The number of fused-ring (bicyclic) bond motifs is 1. The molecule has 5 heteroatoms. The Kier molecular flexibility index (Phi) is 5.30. The predicted octanol–water partition coefficient (Wildman–Crippen LogP) is 5.32. The smallest absolute Gasteiger partial charge is 0.169 e. The van der Waals surface area contributed by atoms with E-state index in [1.54, 1.807) is 6.20 Å². The average Bonchev–Trinajstić information content (AvgIpc) is 3.39. The summed E-state index contributed by atoms with van der Waals surface area (Å²) >= 11 is 0. The lowest BCUT2D eigenvalue weighted by molar-refractivity contribution is 0.0914. The van der Waals surface area contributed by atoms with Crippen LogP contribution in [0.1, 0.15) is 54.7 Å². The number of nitrogens with zero attached hydrogens (tertiary/aromatic N) is 3. The Morgan fingerprint density at radius 1 is 1.10 bits per heavy atom. The molecule has 4 aromatic rings. The Morgan fingerprint density at radius 3 is 2.66 bits per heavy atom. The highest BCUT2D eigenvalue weighted by Gasteiger charge is 2.27. The van der Waals surface area contributed by atoms with E-state index in [-0.39, 0.29) is 17.6 Å². The molecule has 0 aliphatic heterocycles. The summed E-state index contributed by atoms with van der Waals surface area (Å²) in [4.78, 5) is 13.4. The van der Waals surface area contributed by atoms with Crippen LogP contribution in [0, 0.1) is 5.92 Å². The molecule has 0 bridgehead atoms. The van der Waals surface area contributed by atoms with Crippen LogP contribution >= 0.6 is 0 Å². The second kappa shape index (κ2) is 8.03. The van der Waals surface area contributed by atoms with Gasteiger partial charge in [-0.05, 0) is 36.1 Å². The van der Waals surface area contributed by atoms with E-state index >= 15 is 0 Å². The molecule has 0 saturated carbocycles. The molecule has 0 aliphatic rings. The lowest BCUT2D eigenvalue weighted by atomic mass is 9.83. The van der Waals surface area contributed by atoms with Crippen molar-refractivity contribution in [3.8, 4) is 5.69 Å². The number of H-pyrrole nitrogens is 1. The molecule has 4 rings (SSSR count). The highest BCUT2D eigenvalue weighted by Crippen LogP contribution is 2.30. The number of benzene rings is 2. The molecule has 0 saturated heterocycles. The van der Waals surface area contributed by atoms with Crippen LogP contribution in [-0.2, 0) is 6.42 Å². The van der Waals surface area contributed by atoms with Crippen molar-refractivity contribution in [1.29, 1.82) is 0 Å². The van der Waals surface area contributed by atoms with Gasteiger partial charge in [-0.2, -0.15) is 10.2 Å². The zero-order chi connectivity index (χ0) is 20.4. The summed E-state index contributed by atoms with van der Waals surface area (Å²) in [5, 5.41) is 12.7. The van der Waals surface area contributed by atoms with Crippen molar-refractivity contribution in [3.63, 3.8) is 0 Å². The van der Waals surface area contributed by atoms with Gasteiger partial charge in [0, 0.05) is 11.3 Å². The van der Waals surface area contributed by atoms with Gasteiger partial charge < -0.3 is 0 Å². The van der Waals surface area contributed by atoms with Crippen molar-refractivity contribution in [2.75, 3.05) is 0 Å². The summed E-state index contributed by atoms with van der Waals surface area (Å²) in [6.07, 6.45) is 5.32. The number of Topliss-reactive ketones (excluding diaryl/α,β-unsaturated/α-hetero) is 1. The first-order valence-corrected chi connectivity index (χ1v) is 10.2. The predicted molar refractivity (Wildman–Crippen MR) is 116 cm³/mol. The first-order chi connectivity index (χ1) is 14.1. The van der Waals surface area contributed by atoms with Crippen molar-refractivity contribution in [3.05, 3.63) is 77.7 Å². The largest absolute Gasteiger partial charge is 0.294 e. The second-order valence-corrected chi connectivity index (χ2v) is 7.66. The van der Waals surface area contributed by atoms with Crippen LogP contribution in [0.2, 0.25) is 0 Å². The van der Waals surface area contributed by atoms with Crippen LogP contribution in [-0.4, -0.2) is 25.8 Å². The minimum Gasteiger partial charge on any atom is -0.294 e. The van der Waals surface area contributed by atoms with Gasteiger partial charge in [0.05, 0.1) is 34.9 Å². The molecule has 2 aromatic heterocycles. The highest BCUT2D eigenvalue weighted by molar-refractivity contribution is 5.99. The van der Waals surface area contributed by atoms with Gasteiger partial charge in [0.1, 0.15) is 0 Å². The van der Waals surface area contributed by atoms with Crippen LogP contribution in [0.3, 0.4) is 0 Å². The summed E-state index contributed by atoms with van der Waals surface area (Å²) in [6.45, 7) is 6.25. The Labute approximate surface area is 170 Å². The number of nitrogens with one attached hydrogen (secondary N) is 1. The summed E-state index contributed by atoms with van der Waals surface area (Å²) < 4.78 is 1.91. The van der Waals surface area contributed by atoms with E-state index in [0.29, 0.717) is 0 Å². The van der Waals surface area contributed by atoms with Gasteiger partial charge in [0.2, 0.25) is 0 Å². The second-order valence-electron chi connectivity index (χ2n) is 7.66. The van der Waals surface area contributed by atoms with Crippen LogP contribution in [0.4, 0.5) is 0 Å². The van der Waals surface area contributed by atoms with Crippen LogP contribution in [0.15, 0.2) is 60.9 Å². The highest BCUT2D eigenvalue weighted by atomic mass is 16.1. The Balaban J connectivity index is 1.65. The SMILES string of the molecule is CCCc1c(C(=O)[C@@H](C)C(C)c2ccc3cn[nH]c3c2)cnn1-c1ccccc1. The topological polar surface area (TPSA) is 63.6 Å². The average molecular weight is 386 g/mol. The molecular weight excluding hydrogens is 360 g/mol. The van der Waals surface area contributed by atoms with Crippen molar-refractivity contribution in [2.45, 2.75) is 39.5 Å². The van der Waals surface area contributed by atoms with Gasteiger partial charge in [-0.15, -0.1) is 0 Å². The molecule has 1 unspecified atom stereocenters. The Hall–Kier alpha value is -3.21. The van der Waals surface area contributed by atoms with E-state index < -0.39 is 0 Å². The zero-order valence-corrected chi connectivity index (χ0v) is 17.1. The van der Waals surface area contributed by atoms with E-state index in [0.717, 1.165) is 46.3 Å². The molecule has 2 atom stereocenters. The number of aromatic amines is 1. The van der Waals surface area contributed by atoms with Crippen LogP contribution in [0.25, 0.3) is 16.6 Å². The fourth-order valence-corrected chi connectivity index (χ4v) is 3.85. The molecule has 0 aliphatic carbocycles. The quantitative estimate of drug-likeness (QED) is 0.437. The van der Waals surface area contributed by atoms with Gasteiger partial charge in [0.25, 0.3) is 0 Å². The lowest BCUT2D eigenvalue weighted by Gasteiger charge is -2.20. The molecule has 148 valence electrons. The summed E-state index contributed by atoms with van der Waals surface area (Å²) in [7, 11) is 0. The standard InChI is InChI=1S/C24H26N4O/c1-4-8-23-21(15-26-28(23)20-9-6-5-7-10-20)24(29)17(3)16(2)18-11-12-19-14-25-27-22(19)13-18/h5-7,9-17H,4,8H2,1-3H3,(H,25,27)/t16?,17-/m0/s1. The third-order valence-corrected chi connectivity index (χ3v) is 5.78. The maximum absolute atomic E-state index is 13.4. The molecule has 0 fully saturated rings. The molecule has 0 radical (unpaired) electrons. The third kappa shape index (κ3) is 3.60. The number of carbonyl (C=O) groups is 1. The van der Waals surface area contributed by atoms with Gasteiger partial charge in [-0.3, -0.25) is 9.89 Å². The van der Waals surface area contributed by atoms with Crippen molar-refractivity contribution in [2.24, 2.45) is 5.92 Å². The van der Waals surface area contributed by atoms with Crippen molar-refractivity contribution < 1.29 is 4.79 Å². The van der Waals surface area contributed by atoms with Gasteiger partial charge in [-0.1, -0.05) is 57.5 Å². The van der Waals surface area contributed by atoms with E-state index in [4.69, 9.17) is 0 Å². The van der Waals surface area contributed by atoms with Gasteiger partial charge in [-0.25, -0.2) is 4.68 Å². The minimum absolute atomic E-state index is 0.0877. The summed E-state index contributed by atoms with van der Waals surface area (Å²) in [5.41, 5.74) is 4.84. The molecular formula is C24H26N4O. The molecule has 5 nitrogen and oxygen atoms in total. The monoisotopic (exact) mass is 386 g/mol. The van der Waals surface area contributed by atoms with E-state index in [1.165, 1.54) is 0 Å². The minimum atomic E-state index is -0.153. The Morgan fingerprint density at radius 2 is 1.90 bits per heavy atom. The zero-order valence-electron chi connectivity index (χ0n) is 17.1. The number of aromatic nitrogens is 4. The summed E-state index contributed by atoms with van der Waals surface area (Å²) in [5.74, 6) is 0.0805. The molecule has 29 heavy (non-hydrogen) atoms. The van der Waals surface area contributed by atoms with E-state index in [9.17, 15) is 4.79 Å². The van der Waals surface area contributed by atoms with E-state index in [2.05, 4.69) is 47.3 Å². The molecule has 2 aromatic carbocycles. The lowest BCUT2D eigenvalue weighted by Crippen LogP contribution is -2.19. The fraction of sp³-hybridized carbons (Fsp3) is 0.292. The molecule has 0 amide bonds. The maximum atomic E-state index is 13.4. The third-order valence-electron chi connectivity index (χ3n) is 5.78. The van der Waals surface area contributed by atoms with Gasteiger partial charge >= 0.3 is 0 Å². The first kappa shape index (κ1) is 19.1. The first-order valence-electron chi connectivity index (χ1n) is 10.2. The van der Waals surface area contributed by atoms with Crippen LogP contribution in [0.5, 0.6) is 0 Å². The van der Waals surface area contributed by atoms with Crippen LogP contribution < -0.4 is 0 Å². The van der Waals surface area contributed by atoms with Gasteiger partial charge in [0.15, 0.2) is 5.78 Å². The number of para-hydroxylation sites is 1. The van der Waals surface area contributed by atoms with Crippen molar-refractivity contribution in [1.82, 2.24) is 20.0 Å². The number of rotatable bonds is 7. The number of carbonyl (C=O) groups excluding carboxylic acids is 1. The molecule has 1 N–H and O–H groups in total. The maximum Gasteiger partial charge on any atom is 0.169 e. The summed E-state index contributed by atoms with van der Waals surface area (Å²) in [6, 6.07) is 16.2.